The summed E-state index contributed by atoms with van der Waals surface area (Å²) in [5.41, 5.74) is 1.12. The number of carbonyl (C=O) groups excluding carboxylic acids is 2. The second kappa shape index (κ2) is 7.48. The molecule has 0 bridgehead atoms. The molecule has 7 heteroatoms. The normalized spacial score (nSPS) is 14.0. The van der Waals surface area contributed by atoms with E-state index >= 15 is 0 Å². The van der Waals surface area contributed by atoms with Crippen molar-refractivity contribution < 1.29 is 18.4 Å². The highest BCUT2D eigenvalue weighted by atomic mass is 35.5. The van der Waals surface area contributed by atoms with E-state index in [9.17, 15) is 18.4 Å². The number of halogens is 3. The number of rotatable bonds is 4. The maximum absolute atomic E-state index is 13.6. The zero-order valence-corrected chi connectivity index (χ0v) is 15.6. The fourth-order valence-electron chi connectivity index (χ4n) is 3.06. The molecule has 3 aromatic carbocycles. The van der Waals surface area contributed by atoms with Gasteiger partial charge in [-0.05, 0) is 42.0 Å². The molecule has 29 heavy (non-hydrogen) atoms. The molecule has 0 aromatic heterocycles. The average molecular weight is 411 g/mol. The number of carbonyl (C=O) groups is 2. The van der Waals surface area contributed by atoms with E-state index in [1.54, 1.807) is 54.6 Å². The molecule has 1 aliphatic rings. The fraction of sp³-hybridized carbons (Fsp3) is 0. The first-order valence-corrected chi connectivity index (χ1v) is 8.99. The van der Waals surface area contributed by atoms with E-state index in [0.717, 1.165) is 17.0 Å². The summed E-state index contributed by atoms with van der Waals surface area (Å²) in [6.45, 7) is 0. The molecule has 0 unspecified atom stereocenters. The van der Waals surface area contributed by atoms with Crippen molar-refractivity contribution in [2.24, 2.45) is 0 Å². The Morgan fingerprint density at radius 3 is 2.14 bits per heavy atom. The third-order valence-corrected chi connectivity index (χ3v) is 4.67. The monoisotopic (exact) mass is 410 g/mol. The van der Waals surface area contributed by atoms with Crippen LogP contribution in [0.25, 0.3) is 5.57 Å². The first kappa shape index (κ1) is 18.8. The molecule has 0 saturated carbocycles. The van der Waals surface area contributed by atoms with Crippen molar-refractivity contribution in [1.29, 1.82) is 0 Å². The minimum absolute atomic E-state index is 0.0258. The van der Waals surface area contributed by atoms with Gasteiger partial charge in [0, 0.05) is 16.8 Å². The number of hydrogen-bond donors (Lipinski definition) is 1. The van der Waals surface area contributed by atoms with Crippen LogP contribution in [-0.4, -0.2) is 11.8 Å². The van der Waals surface area contributed by atoms with Crippen LogP contribution in [0.1, 0.15) is 5.56 Å². The number of amides is 2. The Hall–Kier alpha value is -3.51. The summed E-state index contributed by atoms with van der Waals surface area (Å²) in [6, 6.07) is 18.1. The third-order valence-electron chi connectivity index (χ3n) is 4.42. The van der Waals surface area contributed by atoms with Crippen LogP contribution in [0, 0.1) is 11.6 Å². The summed E-state index contributed by atoms with van der Waals surface area (Å²) in [7, 11) is 0. The highest BCUT2D eigenvalue weighted by Crippen LogP contribution is 2.34. The van der Waals surface area contributed by atoms with Crippen molar-refractivity contribution in [3.63, 3.8) is 0 Å². The van der Waals surface area contributed by atoms with Gasteiger partial charge in [-0.3, -0.25) is 9.59 Å². The van der Waals surface area contributed by atoms with E-state index in [1.165, 1.54) is 6.07 Å². The minimum atomic E-state index is -1.07. The molecule has 4 nitrogen and oxygen atoms in total. The second-order valence-corrected chi connectivity index (χ2v) is 6.73. The van der Waals surface area contributed by atoms with Gasteiger partial charge in [0.15, 0.2) is 11.6 Å². The molecule has 3 aromatic rings. The topological polar surface area (TPSA) is 49.4 Å². The van der Waals surface area contributed by atoms with Gasteiger partial charge >= 0.3 is 0 Å². The molecule has 0 aliphatic carbocycles. The van der Waals surface area contributed by atoms with E-state index in [-0.39, 0.29) is 17.0 Å². The molecule has 0 spiro atoms. The van der Waals surface area contributed by atoms with E-state index in [1.807, 2.05) is 0 Å². The van der Waals surface area contributed by atoms with Crippen LogP contribution in [0.2, 0.25) is 5.02 Å². The van der Waals surface area contributed by atoms with Gasteiger partial charge < -0.3 is 5.32 Å². The molecule has 144 valence electrons. The SMILES string of the molecule is O=C1C(Nc2ccc(F)c(F)c2)=C(c2ccccc2)C(=O)N1c1ccc(Cl)cc1. The Morgan fingerprint density at radius 1 is 0.793 bits per heavy atom. The van der Waals surface area contributed by atoms with Crippen molar-refractivity contribution >= 4 is 40.4 Å². The Balaban J connectivity index is 1.81. The van der Waals surface area contributed by atoms with Gasteiger partial charge in [-0.2, -0.15) is 0 Å². The van der Waals surface area contributed by atoms with Gasteiger partial charge in [0.2, 0.25) is 0 Å². The Bertz CT molecular complexity index is 1150. The van der Waals surface area contributed by atoms with Gasteiger partial charge in [-0.25, -0.2) is 13.7 Å². The zero-order valence-electron chi connectivity index (χ0n) is 14.8. The highest BCUT2D eigenvalue weighted by molar-refractivity contribution is 6.46. The van der Waals surface area contributed by atoms with Crippen LogP contribution < -0.4 is 10.2 Å². The number of nitrogens with zero attached hydrogens (tertiary/aromatic N) is 1. The van der Waals surface area contributed by atoms with Crippen molar-refractivity contribution in [2.75, 3.05) is 10.2 Å². The Labute approximate surface area is 170 Å². The first-order chi connectivity index (χ1) is 14.0. The number of benzene rings is 3. The first-order valence-electron chi connectivity index (χ1n) is 8.62. The van der Waals surface area contributed by atoms with Crippen LogP contribution in [0.15, 0.2) is 78.5 Å². The Morgan fingerprint density at radius 2 is 1.48 bits per heavy atom. The summed E-state index contributed by atoms with van der Waals surface area (Å²) < 4.78 is 26.9. The summed E-state index contributed by atoms with van der Waals surface area (Å²) >= 11 is 5.90. The van der Waals surface area contributed by atoms with Gasteiger partial charge in [-0.1, -0.05) is 41.9 Å². The van der Waals surface area contributed by atoms with Gasteiger partial charge in [0.1, 0.15) is 5.70 Å². The van der Waals surface area contributed by atoms with Gasteiger partial charge in [0.05, 0.1) is 11.3 Å². The third kappa shape index (κ3) is 3.50. The standard InChI is InChI=1S/C22H13ClF2N2O2/c23-14-6-9-16(10-7-14)27-21(28)19(13-4-2-1-3-5-13)20(22(27)29)26-15-8-11-17(24)18(25)12-15/h1-12,26H. The molecular formula is C22H13ClF2N2O2. The van der Waals surface area contributed by atoms with Crippen LogP contribution in [0.3, 0.4) is 0 Å². The molecule has 1 heterocycles. The molecular weight excluding hydrogens is 398 g/mol. The lowest BCUT2D eigenvalue weighted by atomic mass is 10.0. The molecule has 4 rings (SSSR count). The predicted octanol–water partition coefficient (Wildman–Crippen LogP) is 5.01. The highest BCUT2D eigenvalue weighted by Gasteiger charge is 2.40. The quantitative estimate of drug-likeness (QED) is 0.615. The lowest BCUT2D eigenvalue weighted by Gasteiger charge is -2.15. The van der Waals surface area contributed by atoms with Crippen LogP contribution in [0.5, 0.6) is 0 Å². The van der Waals surface area contributed by atoms with E-state index in [0.29, 0.717) is 16.3 Å². The molecule has 2 amide bonds. The number of nitrogens with one attached hydrogen (secondary N) is 1. The van der Waals surface area contributed by atoms with Crippen LogP contribution in [0.4, 0.5) is 20.2 Å². The fourth-order valence-corrected chi connectivity index (χ4v) is 3.19. The van der Waals surface area contributed by atoms with Crippen molar-refractivity contribution in [3.8, 4) is 0 Å². The van der Waals surface area contributed by atoms with E-state index < -0.39 is 23.4 Å². The van der Waals surface area contributed by atoms with Crippen LogP contribution >= 0.6 is 11.6 Å². The number of imide groups is 1. The van der Waals surface area contributed by atoms with Gasteiger partial charge in [-0.15, -0.1) is 0 Å². The maximum Gasteiger partial charge on any atom is 0.282 e. The van der Waals surface area contributed by atoms with E-state index in [4.69, 9.17) is 11.6 Å². The summed E-state index contributed by atoms with van der Waals surface area (Å²) in [4.78, 5) is 27.3. The molecule has 0 radical (unpaired) electrons. The van der Waals surface area contributed by atoms with Crippen LogP contribution in [-0.2, 0) is 9.59 Å². The molecule has 1 aliphatic heterocycles. The number of anilines is 2. The second-order valence-electron chi connectivity index (χ2n) is 6.29. The molecule has 0 saturated heterocycles. The van der Waals surface area contributed by atoms with E-state index in [2.05, 4.69) is 5.32 Å². The Kier molecular flexibility index (Phi) is 4.86. The summed E-state index contributed by atoms with van der Waals surface area (Å²) in [6.07, 6.45) is 0. The number of hydrogen-bond acceptors (Lipinski definition) is 3. The molecule has 1 N–H and O–H groups in total. The van der Waals surface area contributed by atoms with Gasteiger partial charge in [0.25, 0.3) is 11.8 Å². The van der Waals surface area contributed by atoms with Crippen molar-refractivity contribution in [1.82, 2.24) is 0 Å². The average Bonchev–Trinajstić information content (AvgIpc) is 2.96. The lowest BCUT2D eigenvalue weighted by molar-refractivity contribution is -0.120. The zero-order chi connectivity index (χ0) is 20.5. The van der Waals surface area contributed by atoms with Crippen molar-refractivity contribution in [3.05, 3.63) is 101 Å². The smallest absolute Gasteiger partial charge is 0.282 e. The molecule has 0 atom stereocenters. The minimum Gasteiger partial charge on any atom is -0.350 e. The lowest BCUT2D eigenvalue weighted by Crippen LogP contribution is -2.32. The largest absolute Gasteiger partial charge is 0.350 e. The summed E-state index contributed by atoms with van der Waals surface area (Å²) in [5, 5.41) is 3.25. The summed E-state index contributed by atoms with van der Waals surface area (Å²) in [5.74, 6) is -3.22. The molecule has 0 fully saturated rings. The predicted molar refractivity (Wildman–Crippen MR) is 107 cm³/mol. The van der Waals surface area contributed by atoms with Crippen molar-refractivity contribution in [2.45, 2.75) is 0 Å². The maximum atomic E-state index is 13.6.